The highest BCUT2D eigenvalue weighted by atomic mass is 16.5. The summed E-state index contributed by atoms with van der Waals surface area (Å²) < 4.78 is 11.8. The quantitative estimate of drug-likeness (QED) is 0.143. The number of hydrogen-bond donors (Lipinski definition) is 3. The number of aliphatic hydroxyl groups excluding tert-OH is 1. The first-order chi connectivity index (χ1) is 27.1. The van der Waals surface area contributed by atoms with Crippen LogP contribution >= 0.6 is 0 Å². The van der Waals surface area contributed by atoms with E-state index in [0.29, 0.717) is 48.3 Å². The maximum Gasteiger partial charge on any atom is 0.331 e. The third kappa shape index (κ3) is 6.90. The summed E-state index contributed by atoms with van der Waals surface area (Å²) in [5, 5.41) is 40.6. The fourth-order valence-electron chi connectivity index (χ4n) is 15.3. The Morgan fingerprint density at radius 3 is 2.26 bits per heavy atom. The molecule has 6 aliphatic carbocycles. The fraction of sp³-hybridized carbons (Fsp3) is 0.760. The molecule has 1 unspecified atom stereocenters. The summed E-state index contributed by atoms with van der Waals surface area (Å²) >= 11 is 0. The topological polar surface area (TPSA) is 113 Å². The Balaban J connectivity index is 1.16. The third-order valence-electron chi connectivity index (χ3n) is 18.2. The number of cyclic esters (lactones) is 1. The lowest BCUT2D eigenvalue weighted by molar-refractivity contribution is -0.362. The molecular weight excluding hydrogens is 713 g/mol. The number of benzene rings is 1. The van der Waals surface area contributed by atoms with Gasteiger partial charge in [0.05, 0.1) is 22.7 Å². The van der Waals surface area contributed by atoms with Crippen molar-refractivity contribution in [1.82, 2.24) is 0 Å². The van der Waals surface area contributed by atoms with Crippen molar-refractivity contribution in [2.24, 2.45) is 44.8 Å². The van der Waals surface area contributed by atoms with Crippen LogP contribution in [-0.4, -0.2) is 57.3 Å². The van der Waals surface area contributed by atoms with Crippen molar-refractivity contribution in [2.75, 3.05) is 6.61 Å². The van der Waals surface area contributed by atoms with Crippen molar-refractivity contribution in [1.29, 1.82) is 0 Å². The van der Waals surface area contributed by atoms with Crippen molar-refractivity contribution in [3.8, 4) is 0 Å². The molecule has 1 aromatic carbocycles. The van der Waals surface area contributed by atoms with E-state index in [2.05, 4.69) is 44.2 Å². The van der Waals surface area contributed by atoms with Crippen molar-refractivity contribution < 1.29 is 34.4 Å². The Bertz CT molecular complexity index is 1700. The summed E-state index contributed by atoms with van der Waals surface area (Å²) in [6.07, 6.45) is 24.7. The molecule has 0 saturated heterocycles. The molecule has 0 radical (unpaired) electrons. The van der Waals surface area contributed by atoms with Crippen molar-refractivity contribution >= 4 is 11.9 Å². The van der Waals surface area contributed by atoms with Gasteiger partial charge in [-0.3, -0.25) is 4.79 Å². The summed E-state index contributed by atoms with van der Waals surface area (Å²) in [5.41, 5.74) is -2.71. The van der Waals surface area contributed by atoms with Gasteiger partial charge in [0, 0.05) is 24.3 Å². The second-order valence-corrected chi connectivity index (χ2v) is 21.4. The smallest absolute Gasteiger partial charge is 0.331 e. The summed E-state index contributed by atoms with van der Waals surface area (Å²) in [7, 11) is 0. The zero-order chi connectivity index (χ0) is 40.3. The van der Waals surface area contributed by atoms with Gasteiger partial charge in [0.2, 0.25) is 0 Å². The zero-order valence-corrected chi connectivity index (χ0v) is 35.5. The molecule has 5 fully saturated rings. The number of ether oxygens (including phenoxy) is 2. The first-order valence-electron chi connectivity index (χ1n) is 23.0. The Morgan fingerprint density at radius 1 is 0.895 bits per heavy atom. The molecule has 1 aromatic rings. The van der Waals surface area contributed by atoms with Crippen LogP contribution < -0.4 is 0 Å². The number of aryl methyl sites for hydroxylation is 1. The monoisotopic (exact) mass is 785 g/mol. The van der Waals surface area contributed by atoms with E-state index in [4.69, 9.17) is 9.47 Å². The molecule has 7 heteroatoms. The minimum atomic E-state index is -1.56. The Hall–Kier alpha value is -2.48. The van der Waals surface area contributed by atoms with E-state index < -0.39 is 45.6 Å². The first-order valence-corrected chi connectivity index (χ1v) is 23.0. The molecule has 2 bridgehead atoms. The molecule has 314 valence electrons. The first kappa shape index (κ1) is 41.3. The third-order valence-corrected chi connectivity index (χ3v) is 18.2. The summed E-state index contributed by atoms with van der Waals surface area (Å²) in [5.74, 6) is -0.556. The van der Waals surface area contributed by atoms with Gasteiger partial charge in [0.1, 0.15) is 12.7 Å². The van der Waals surface area contributed by atoms with Crippen LogP contribution in [0.5, 0.6) is 0 Å². The molecule has 7 nitrogen and oxygen atoms in total. The number of esters is 2. The number of rotatable bonds is 12. The second kappa shape index (κ2) is 15.2. The number of hydrogen-bond acceptors (Lipinski definition) is 7. The lowest BCUT2D eigenvalue weighted by Gasteiger charge is -2.76. The normalized spacial score (nSPS) is 42.5. The molecule has 5 saturated carbocycles. The average Bonchev–Trinajstić information content (AvgIpc) is 3.92. The molecule has 1 aliphatic heterocycles. The summed E-state index contributed by atoms with van der Waals surface area (Å²) in [4.78, 5) is 25.4. The Morgan fingerprint density at radius 2 is 1.60 bits per heavy atom. The lowest BCUT2D eigenvalue weighted by Crippen LogP contribution is -2.83. The Kier molecular flexibility index (Phi) is 11.0. The van der Waals surface area contributed by atoms with Crippen molar-refractivity contribution in [3.05, 3.63) is 59.7 Å². The van der Waals surface area contributed by atoms with Gasteiger partial charge >= 0.3 is 11.9 Å². The van der Waals surface area contributed by atoms with Crippen LogP contribution in [0.1, 0.15) is 162 Å². The average molecular weight is 785 g/mol. The van der Waals surface area contributed by atoms with Gasteiger partial charge in [0.25, 0.3) is 0 Å². The van der Waals surface area contributed by atoms with Gasteiger partial charge in [-0.2, -0.15) is 0 Å². The SMILES string of the molecule is CC(=O)O[C@@H]1C[C@@]2(C)C=C[C@@](O)(CC[C@H](C)CCCc3ccccc3)[C@]3(C1[C@](C)(C1CCC4(CC1)CCC1(CCCC1)C4)CC[C@H]3O)[C@@]2(O)CCC1=CC(=O)OC1. The van der Waals surface area contributed by atoms with Gasteiger partial charge in [-0.05, 0) is 155 Å². The number of aliphatic hydroxyl groups is 3. The number of carbonyl (C=O) groups is 2. The van der Waals surface area contributed by atoms with Crippen LogP contribution in [0.2, 0.25) is 0 Å². The fourth-order valence-corrected chi connectivity index (χ4v) is 15.3. The van der Waals surface area contributed by atoms with E-state index in [1.807, 2.05) is 19.1 Å². The van der Waals surface area contributed by atoms with Crippen LogP contribution in [0.15, 0.2) is 54.1 Å². The predicted octanol–water partition coefficient (Wildman–Crippen LogP) is 9.75. The molecule has 8 rings (SSSR count). The maximum atomic E-state index is 14.0. The molecular formula is C50H72O7. The van der Waals surface area contributed by atoms with Gasteiger partial charge in [0.15, 0.2) is 0 Å². The molecule has 3 spiro atoms. The van der Waals surface area contributed by atoms with Crippen LogP contribution in [-0.2, 0) is 25.5 Å². The maximum absolute atomic E-state index is 14.0. The number of fused-ring (bicyclic) bond motifs is 1. The van der Waals surface area contributed by atoms with E-state index >= 15 is 0 Å². The molecule has 0 amide bonds. The van der Waals surface area contributed by atoms with E-state index in [1.54, 1.807) is 0 Å². The summed E-state index contributed by atoms with van der Waals surface area (Å²) in [6, 6.07) is 10.6. The molecule has 1 heterocycles. The van der Waals surface area contributed by atoms with Gasteiger partial charge < -0.3 is 24.8 Å². The second-order valence-electron chi connectivity index (χ2n) is 21.4. The summed E-state index contributed by atoms with van der Waals surface area (Å²) in [6.45, 7) is 8.35. The minimum Gasteiger partial charge on any atom is -0.462 e. The molecule has 57 heavy (non-hydrogen) atoms. The van der Waals surface area contributed by atoms with Crippen molar-refractivity contribution in [3.63, 3.8) is 0 Å². The van der Waals surface area contributed by atoms with Crippen molar-refractivity contribution in [2.45, 2.75) is 186 Å². The molecule has 3 N–H and O–H groups in total. The van der Waals surface area contributed by atoms with E-state index in [-0.39, 0.29) is 25.0 Å². The van der Waals surface area contributed by atoms with Gasteiger partial charge in [-0.1, -0.05) is 82.5 Å². The highest BCUT2D eigenvalue weighted by Crippen LogP contribution is 2.76. The molecule has 0 aromatic heterocycles. The van der Waals surface area contributed by atoms with Crippen LogP contribution in [0.3, 0.4) is 0 Å². The highest BCUT2D eigenvalue weighted by Gasteiger charge is 2.81. The lowest BCUT2D eigenvalue weighted by atomic mass is 9.31. The molecule has 9 atom stereocenters. The predicted molar refractivity (Wildman–Crippen MR) is 222 cm³/mol. The van der Waals surface area contributed by atoms with E-state index in [0.717, 1.165) is 50.5 Å². The standard InChI is InChI=1S/C50H72O7/c1-35(11-10-14-37-12-6-5-7-13-37)15-25-48(54)30-27-44(3)32-40(57-36(2)51)43-45(4,39-17-23-47(24-18-39)29-28-46(34-47)20-8-9-21-46)22-19-41(52)50(43,48)49(44,55)26-16-38-31-42(53)56-33-38/h5-7,12-13,27,30-31,35,39-41,43,52,54-55H,8-11,14-26,28-29,32-34H2,1-4H3/t35-,39?,40-,41-,43?,44-,45+,47?,48+,49-,50+/m1/s1. The van der Waals surface area contributed by atoms with Gasteiger partial charge in [-0.15, -0.1) is 0 Å². The van der Waals surface area contributed by atoms with E-state index in [1.165, 1.54) is 76.4 Å². The largest absolute Gasteiger partial charge is 0.462 e. The zero-order valence-electron chi connectivity index (χ0n) is 35.5. The molecule has 7 aliphatic rings. The van der Waals surface area contributed by atoms with Crippen LogP contribution in [0.25, 0.3) is 0 Å². The van der Waals surface area contributed by atoms with Crippen LogP contribution in [0.4, 0.5) is 0 Å². The van der Waals surface area contributed by atoms with Crippen LogP contribution in [0, 0.1) is 44.8 Å². The highest BCUT2D eigenvalue weighted by molar-refractivity contribution is 5.85. The Labute approximate surface area is 342 Å². The van der Waals surface area contributed by atoms with Gasteiger partial charge in [-0.25, -0.2) is 4.79 Å². The van der Waals surface area contributed by atoms with E-state index in [9.17, 15) is 24.9 Å². The number of carbonyl (C=O) groups excluding carboxylic acids is 2. The minimum absolute atomic E-state index is 0.199.